The number of benzene rings is 1. The van der Waals surface area contributed by atoms with Gasteiger partial charge in [0, 0.05) is 15.7 Å². The van der Waals surface area contributed by atoms with Crippen molar-refractivity contribution >= 4 is 39.9 Å². The summed E-state index contributed by atoms with van der Waals surface area (Å²) in [6.45, 7) is 7.22. The van der Waals surface area contributed by atoms with Crippen molar-refractivity contribution in [3.05, 3.63) is 34.3 Å². The van der Waals surface area contributed by atoms with Gasteiger partial charge in [-0.15, -0.1) is 0 Å². The zero-order valence-corrected chi connectivity index (χ0v) is 8.89. The van der Waals surface area contributed by atoms with E-state index in [0.29, 0.717) is 16.9 Å². The molecule has 1 aliphatic rings. The molecule has 0 fully saturated rings. The zero-order chi connectivity index (χ0) is 10.3. The van der Waals surface area contributed by atoms with Gasteiger partial charge in [0.05, 0.1) is 11.3 Å². The first-order valence-corrected chi connectivity index (χ1v) is 4.74. The Kier molecular flexibility index (Phi) is 2.00. The molecule has 14 heavy (non-hydrogen) atoms. The van der Waals surface area contributed by atoms with Crippen LogP contribution >= 0.6 is 15.9 Å². The van der Waals surface area contributed by atoms with Crippen molar-refractivity contribution in [2.45, 2.75) is 0 Å². The first kappa shape index (κ1) is 9.15. The van der Waals surface area contributed by atoms with Crippen LogP contribution in [-0.2, 0) is 0 Å². The Balaban J connectivity index is 2.81. The van der Waals surface area contributed by atoms with Crippen LogP contribution in [0.25, 0.3) is 5.70 Å². The van der Waals surface area contributed by atoms with E-state index in [2.05, 4.69) is 39.5 Å². The molecule has 70 valence electrons. The van der Waals surface area contributed by atoms with Crippen molar-refractivity contribution in [1.29, 1.82) is 0 Å². The normalized spacial score (nSPS) is 13.8. The van der Waals surface area contributed by atoms with Gasteiger partial charge < -0.3 is 5.32 Å². The van der Waals surface area contributed by atoms with Crippen LogP contribution in [0.2, 0.25) is 0 Å². The van der Waals surface area contributed by atoms with Crippen LogP contribution in [0.3, 0.4) is 0 Å². The Hall–Kier alpha value is -1.42. The molecule has 0 saturated carbocycles. The number of halogens is 1. The van der Waals surface area contributed by atoms with E-state index in [1.807, 2.05) is 0 Å². The Labute approximate surface area is 89.7 Å². The minimum absolute atomic E-state index is 0.137. The molecule has 4 heteroatoms. The number of fused-ring (bicyclic) bond motifs is 1. The Morgan fingerprint density at radius 1 is 1.43 bits per heavy atom. The van der Waals surface area contributed by atoms with E-state index >= 15 is 0 Å². The number of amides is 1. The van der Waals surface area contributed by atoms with Crippen LogP contribution in [-0.4, -0.2) is 12.6 Å². The van der Waals surface area contributed by atoms with Gasteiger partial charge in [0.15, 0.2) is 0 Å². The molecule has 0 atom stereocenters. The van der Waals surface area contributed by atoms with Crippen LogP contribution in [0.4, 0.5) is 5.69 Å². The van der Waals surface area contributed by atoms with Gasteiger partial charge >= 0.3 is 0 Å². The van der Waals surface area contributed by atoms with Gasteiger partial charge in [-0.1, -0.05) is 6.58 Å². The Morgan fingerprint density at radius 3 is 2.79 bits per heavy atom. The quantitative estimate of drug-likeness (QED) is 0.765. The smallest absolute Gasteiger partial charge is 0.256 e. The maximum absolute atomic E-state index is 11.4. The van der Waals surface area contributed by atoms with Crippen molar-refractivity contribution in [1.82, 2.24) is 5.32 Å². The summed E-state index contributed by atoms with van der Waals surface area (Å²) in [5.74, 6) is -0.137. The summed E-state index contributed by atoms with van der Waals surface area (Å²) in [4.78, 5) is 15.3. The zero-order valence-electron chi connectivity index (χ0n) is 7.30. The summed E-state index contributed by atoms with van der Waals surface area (Å²) in [5, 5.41) is 2.64. The lowest BCUT2D eigenvalue weighted by atomic mass is 10.1. The van der Waals surface area contributed by atoms with E-state index in [9.17, 15) is 4.79 Å². The standard InChI is InChI=1S/C10H7BrN2O/c1-5-8-6(10(14)13-5)3-4-7(11)9(8)12-2/h3-4H,1-2H2,(H,13,14). The molecule has 0 spiro atoms. The van der Waals surface area contributed by atoms with Gasteiger partial charge in [-0.05, 0) is 34.8 Å². The van der Waals surface area contributed by atoms with Crippen LogP contribution in [0.15, 0.2) is 28.2 Å². The first-order chi connectivity index (χ1) is 6.65. The molecule has 0 unspecified atom stereocenters. The average Bonchev–Trinajstić information content (AvgIpc) is 2.43. The molecule has 1 heterocycles. The largest absolute Gasteiger partial charge is 0.322 e. The highest BCUT2D eigenvalue weighted by molar-refractivity contribution is 9.10. The van der Waals surface area contributed by atoms with Crippen molar-refractivity contribution < 1.29 is 4.79 Å². The Morgan fingerprint density at radius 2 is 2.14 bits per heavy atom. The summed E-state index contributed by atoms with van der Waals surface area (Å²) < 4.78 is 0.809. The van der Waals surface area contributed by atoms with Crippen molar-refractivity contribution in [2.24, 2.45) is 4.99 Å². The number of carbonyl (C=O) groups is 1. The summed E-state index contributed by atoms with van der Waals surface area (Å²) in [7, 11) is 0. The van der Waals surface area contributed by atoms with Crippen LogP contribution in [0, 0.1) is 0 Å². The third-order valence-electron chi connectivity index (χ3n) is 2.10. The summed E-state index contributed by atoms with van der Waals surface area (Å²) in [6.07, 6.45) is 0. The number of aliphatic imine (C=N–C) groups is 1. The Bertz CT molecular complexity index is 465. The third-order valence-corrected chi connectivity index (χ3v) is 2.74. The van der Waals surface area contributed by atoms with E-state index in [1.54, 1.807) is 12.1 Å². The highest BCUT2D eigenvalue weighted by Gasteiger charge is 2.25. The molecule has 2 rings (SSSR count). The molecule has 1 aromatic rings. The van der Waals surface area contributed by atoms with E-state index in [0.717, 1.165) is 10.0 Å². The second kappa shape index (κ2) is 3.06. The number of hydrogen-bond donors (Lipinski definition) is 1. The van der Waals surface area contributed by atoms with E-state index in [-0.39, 0.29) is 5.91 Å². The van der Waals surface area contributed by atoms with Gasteiger partial charge in [-0.3, -0.25) is 9.79 Å². The molecule has 1 N–H and O–H groups in total. The summed E-state index contributed by atoms with van der Waals surface area (Å²) in [5.41, 5.74) is 2.57. The van der Waals surface area contributed by atoms with Gasteiger partial charge in [0.25, 0.3) is 5.91 Å². The molecular weight excluding hydrogens is 244 g/mol. The lowest BCUT2D eigenvalue weighted by molar-refractivity contribution is 0.0981. The topological polar surface area (TPSA) is 41.5 Å². The van der Waals surface area contributed by atoms with E-state index in [4.69, 9.17) is 0 Å². The molecule has 0 aromatic heterocycles. The van der Waals surface area contributed by atoms with Crippen LogP contribution in [0.1, 0.15) is 15.9 Å². The molecule has 3 nitrogen and oxygen atoms in total. The van der Waals surface area contributed by atoms with Gasteiger partial charge in [0.1, 0.15) is 0 Å². The predicted octanol–water partition coefficient (Wildman–Crippen LogP) is 2.50. The molecule has 1 aliphatic heterocycles. The van der Waals surface area contributed by atoms with Crippen molar-refractivity contribution in [2.75, 3.05) is 0 Å². The van der Waals surface area contributed by atoms with Crippen LogP contribution < -0.4 is 5.32 Å². The highest BCUT2D eigenvalue weighted by Crippen LogP contribution is 2.37. The lowest BCUT2D eigenvalue weighted by Gasteiger charge is -2.04. The first-order valence-electron chi connectivity index (χ1n) is 3.95. The average molecular weight is 251 g/mol. The van der Waals surface area contributed by atoms with Crippen molar-refractivity contribution in [3.63, 3.8) is 0 Å². The number of hydrogen-bond acceptors (Lipinski definition) is 2. The number of nitrogens with zero attached hydrogens (tertiary/aromatic N) is 1. The van der Waals surface area contributed by atoms with E-state index < -0.39 is 0 Å². The third kappa shape index (κ3) is 1.11. The molecule has 0 aliphatic carbocycles. The maximum Gasteiger partial charge on any atom is 0.256 e. The van der Waals surface area contributed by atoms with Gasteiger partial charge in [-0.25, -0.2) is 0 Å². The monoisotopic (exact) mass is 250 g/mol. The fourth-order valence-electron chi connectivity index (χ4n) is 1.48. The molecule has 0 bridgehead atoms. The van der Waals surface area contributed by atoms with Crippen molar-refractivity contribution in [3.8, 4) is 0 Å². The lowest BCUT2D eigenvalue weighted by Crippen LogP contribution is -2.11. The SMILES string of the molecule is C=Nc1c(Br)ccc2c1C(=C)NC2=O. The molecule has 1 amide bonds. The minimum Gasteiger partial charge on any atom is -0.322 e. The fraction of sp³-hybridized carbons (Fsp3) is 0. The number of nitrogens with one attached hydrogen (secondary N) is 1. The van der Waals surface area contributed by atoms with E-state index in [1.165, 1.54) is 0 Å². The summed E-state index contributed by atoms with van der Waals surface area (Å²) >= 11 is 3.34. The predicted molar refractivity (Wildman–Crippen MR) is 59.9 cm³/mol. The fourth-order valence-corrected chi connectivity index (χ4v) is 1.94. The highest BCUT2D eigenvalue weighted by atomic mass is 79.9. The molecular formula is C10H7BrN2O. The molecule has 0 radical (unpaired) electrons. The summed E-state index contributed by atoms with van der Waals surface area (Å²) in [6, 6.07) is 3.52. The van der Waals surface area contributed by atoms with Crippen LogP contribution in [0.5, 0.6) is 0 Å². The maximum atomic E-state index is 11.4. The number of rotatable bonds is 1. The number of carbonyl (C=O) groups excluding carboxylic acids is 1. The van der Waals surface area contributed by atoms with Gasteiger partial charge in [0.2, 0.25) is 0 Å². The minimum atomic E-state index is -0.137. The second-order valence-corrected chi connectivity index (χ2v) is 3.76. The molecule has 1 aromatic carbocycles. The molecule has 0 saturated heterocycles. The second-order valence-electron chi connectivity index (χ2n) is 2.91. The van der Waals surface area contributed by atoms with Gasteiger partial charge in [-0.2, -0.15) is 0 Å².